The minimum atomic E-state index is -0.0197. The molecule has 5 heteroatoms. The lowest BCUT2D eigenvalue weighted by Gasteiger charge is -2.22. The Morgan fingerprint density at radius 2 is 2.13 bits per heavy atom. The van der Waals surface area contributed by atoms with Gasteiger partial charge in [0.15, 0.2) is 0 Å². The highest BCUT2D eigenvalue weighted by Crippen LogP contribution is 2.17. The molecule has 1 aromatic carbocycles. The lowest BCUT2D eigenvalue weighted by Crippen LogP contribution is -2.33. The molecule has 3 rings (SSSR count). The van der Waals surface area contributed by atoms with Crippen LogP contribution >= 0.6 is 11.3 Å². The smallest absolute Gasteiger partial charge is 0.255 e. The number of thiophene rings is 1. The van der Waals surface area contributed by atoms with Crippen LogP contribution < -0.4 is 0 Å². The minimum Gasteiger partial charge on any atom is -0.383 e. The number of rotatable bonds is 6. The second kappa shape index (κ2) is 7.35. The number of amides is 1. The number of carbonyl (C=O) groups excluding carboxylic acids is 1. The van der Waals surface area contributed by atoms with Gasteiger partial charge in [0, 0.05) is 30.1 Å². The van der Waals surface area contributed by atoms with Crippen LogP contribution in [0.2, 0.25) is 0 Å². The summed E-state index contributed by atoms with van der Waals surface area (Å²) in [5, 5.41) is 2.99. The Balaban J connectivity index is 1.85. The van der Waals surface area contributed by atoms with Gasteiger partial charge >= 0.3 is 0 Å². The molecule has 2 heterocycles. The number of pyridine rings is 1. The first-order valence-corrected chi connectivity index (χ1v) is 8.31. The predicted molar refractivity (Wildman–Crippen MR) is 92.7 cm³/mol. The van der Waals surface area contributed by atoms with Crippen LogP contribution in [0.25, 0.3) is 10.9 Å². The molecule has 0 aliphatic heterocycles. The molecule has 0 N–H and O–H groups in total. The van der Waals surface area contributed by atoms with Gasteiger partial charge in [-0.2, -0.15) is 0 Å². The second-order valence-corrected chi connectivity index (χ2v) is 6.25. The van der Waals surface area contributed by atoms with E-state index in [4.69, 9.17) is 4.74 Å². The Kier molecular flexibility index (Phi) is 5.00. The van der Waals surface area contributed by atoms with Crippen LogP contribution in [-0.2, 0) is 11.3 Å². The van der Waals surface area contributed by atoms with Crippen LogP contribution in [0.4, 0.5) is 0 Å². The third kappa shape index (κ3) is 3.75. The van der Waals surface area contributed by atoms with E-state index in [1.54, 1.807) is 29.5 Å². The van der Waals surface area contributed by atoms with Crippen LogP contribution in [-0.4, -0.2) is 36.1 Å². The number of para-hydroxylation sites is 1. The summed E-state index contributed by atoms with van der Waals surface area (Å²) in [6.45, 7) is 1.66. The molecule has 0 saturated carbocycles. The fourth-order valence-corrected chi connectivity index (χ4v) is 3.13. The van der Waals surface area contributed by atoms with E-state index in [1.807, 2.05) is 47.8 Å². The molecule has 23 heavy (non-hydrogen) atoms. The van der Waals surface area contributed by atoms with Crippen molar-refractivity contribution in [1.29, 1.82) is 0 Å². The van der Waals surface area contributed by atoms with Crippen molar-refractivity contribution in [3.8, 4) is 0 Å². The summed E-state index contributed by atoms with van der Waals surface area (Å²) in [7, 11) is 1.64. The van der Waals surface area contributed by atoms with Crippen molar-refractivity contribution in [3.63, 3.8) is 0 Å². The van der Waals surface area contributed by atoms with E-state index in [9.17, 15) is 4.79 Å². The zero-order chi connectivity index (χ0) is 16.1. The molecule has 0 radical (unpaired) electrons. The number of carbonyl (C=O) groups is 1. The van der Waals surface area contributed by atoms with Gasteiger partial charge in [0.25, 0.3) is 5.91 Å². The standard InChI is InChI=1S/C18H18N2O2S/c1-22-9-8-20(13-16-6-4-10-23-16)18(21)15-11-14-5-2-3-7-17(14)19-12-15/h2-7,10-12H,8-9,13H2,1H3. The van der Waals surface area contributed by atoms with Crippen LogP contribution in [0.5, 0.6) is 0 Å². The van der Waals surface area contributed by atoms with Crippen molar-refractivity contribution in [1.82, 2.24) is 9.88 Å². The third-order valence-corrected chi connectivity index (χ3v) is 4.48. The first-order chi connectivity index (χ1) is 11.3. The summed E-state index contributed by atoms with van der Waals surface area (Å²) in [4.78, 5) is 20.2. The van der Waals surface area contributed by atoms with Crippen molar-refractivity contribution < 1.29 is 9.53 Å². The van der Waals surface area contributed by atoms with E-state index >= 15 is 0 Å². The number of aromatic nitrogens is 1. The molecule has 3 aromatic rings. The fourth-order valence-electron chi connectivity index (χ4n) is 2.42. The average Bonchev–Trinajstić information content (AvgIpc) is 3.10. The van der Waals surface area contributed by atoms with Crippen LogP contribution in [0.1, 0.15) is 15.2 Å². The molecule has 0 saturated heterocycles. The zero-order valence-electron chi connectivity index (χ0n) is 12.9. The van der Waals surface area contributed by atoms with Crippen LogP contribution in [0.15, 0.2) is 54.0 Å². The molecular weight excluding hydrogens is 308 g/mol. The van der Waals surface area contributed by atoms with Gasteiger partial charge in [-0.3, -0.25) is 9.78 Å². The number of fused-ring (bicyclic) bond motifs is 1. The van der Waals surface area contributed by atoms with Crippen LogP contribution in [0.3, 0.4) is 0 Å². The summed E-state index contributed by atoms with van der Waals surface area (Å²) in [6, 6.07) is 13.7. The number of methoxy groups -OCH3 is 1. The summed E-state index contributed by atoms with van der Waals surface area (Å²) < 4.78 is 5.14. The maximum absolute atomic E-state index is 12.9. The first kappa shape index (κ1) is 15.6. The van der Waals surface area contributed by atoms with Gasteiger partial charge in [-0.15, -0.1) is 11.3 Å². The Bertz CT molecular complexity index is 787. The molecule has 0 fully saturated rings. The molecule has 0 spiro atoms. The third-order valence-electron chi connectivity index (χ3n) is 3.62. The van der Waals surface area contributed by atoms with Crippen molar-refractivity contribution in [2.24, 2.45) is 0 Å². The summed E-state index contributed by atoms with van der Waals surface area (Å²) in [5.74, 6) is -0.0197. The second-order valence-electron chi connectivity index (χ2n) is 5.22. The summed E-state index contributed by atoms with van der Waals surface area (Å²) in [5.41, 5.74) is 1.50. The van der Waals surface area contributed by atoms with Gasteiger partial charge in [0.2, 0.25) is 0 Å². The van der Waals surface area contributed by atoms with Gasteiger partial charge in [-0.1, -0.05) is 24.3 Å². The molecule has 0 atom stereocenters. The Labute approximate surface area is 139 Å². The molecule has 0 unspecified atom stereocenters. The largest absolute Gasteiger partial charge is 0.383 e. The van der Waals surface area contributed by atoms with Gasteiger partial charge in [0.1, 0.15) is 0 Å². The monoisotopic (exact) mass is 326 g/mol. The maximum Gasteiger partial charge on any atom is 0.255 e. The van der Waals surface area contributed by atoms with Gasteiger partial charge in [0.05, 0.1) is 24.2 Å². The van der Waals surface area contributed by atoms with E-state index in [2.05, 4.69) is 4.98 Å². The Morgan fingerprint density at radius 3 is 2.91 bits per heavy atom. The molecule has 0 aliphatic rings. The molecule has 118 valence electrons. The molecule has 4 nitrogen and oxygen atoms in total. The van der Waals surface area contributed by atoms with E-state index in [1.165, 1.54) is 0 Å². The topological polar surface area (TPSA) is 42.4 Å². The number of hydrogen-bond acceptors (Lipinski definition) is 4. The van der Waals surface area contributed by atoms with Crippen LogP contribution in [0, 0.1) is 0 Å². The molecule has 0 bridgehead atoms. The van der Waals surface area contributed by atoms with E-state index in [0.717, 1.165) is 15.8 Å². The predicted octanol–water partition coefficient (Wildman–Crippen LogP) is 3.59. The minimum absolute atomic E-state index is 0.0197. The Hall–Kier alpha value is -2.24. The lowest BCUT2D eigenvalue weighted by atomic mass is 10.1. The number of nitrogens with zero attached hydrogens (tertiary/aromatic N) is 2. The van der Waals surface area contributed by atoms with E-state index in [0.29, 0.717) is 25.3 Å². The molecule has 1 amide bonds. The van der Waals surface area contributed by atoms with E-state index in [-0.39, 0.29) is 5.91 Å². The first-order valence-electron chi connectivity index (χ1n) is 7.43. The van der Waals surface area contributed by atoms with Crippen molar-refractivity contribution in [2.45, 2.75) is 6.54 Å². The zero-order valence-corrected chi connectivity index (χ0v) is 13.8. The fraction of sp³-hybridized carbons (Fsp3) is 0.222. The Morgan fingerprint density at radius 1 is 1.26 bits per heavy atom. The van der Waals surface area contributed by atoms with Crippen molar-refractivity contribution in [2.75, 3.05) is 20.3 Å². The number of benzene rings is 1. The molecular formula is C18H18N2O2S. The van der Waals surface area contributed by atoms with Gasteiger partial charge in [-0.05, 0) is 23.6 Å². The number of ether oxygens (including phenoxy) is 1. The average molecular weight is 326 g/mol. The van der Waals surface area contributed by atoms with Crippen molar-refractivity contribution >= 4 is 28.1 Å². The quantitative estimate of drug-likeness (QED) is 0.695. The maximum atomic E-state index is 12.9. The number of hydrogen-bond donors (Lipinski definition) is 0. The normalized spacial score (nSPS) is 10.8. The molecule has 0 aliphatic carbocycles. The van der Waals surface area contributed by atoms with Gasteiger partial charge in [-0.25, -0.2) is 0 Å². The molecule has 2 aromatic heterocycles. The van der Waals surface area contributed by atoms with E-state index < -0.39 is 0 Å². The SMILES string of the molecule is COCCN(Cc1cccs1)C(=O)c1cnc2ccccc2c1. The van der Waals surface area contributed by atoms with Crippen molar-refractivity contribution in [3.05, 3.63) is 64.5 Å². The highest BCUT2D eigenvalue weighted by atomic mass is 32.1. The van der Waals surface area contributed by atoms with Gasteiger partial charge < -0.3 is 9.64 Å². The lowest BCUT2D eigenvalue weighted by molar-refractivity contribution is 0.0682. The highest BCUT2D eigenvalue weighted by Gasteiger charge is 2.17. The summed E-state index contributed by atoms with van der Waals surface area (Å²) >= 11 is 1.65. The highest BCUT2D eigenvalue weighted by molar-refractivity contribution is 7.09. The summed E-state index contributed by atoms with van der Waals surface area (Å²) in [6.07, 6.45) is 1.65.